The van der Waals surface area contributed by atoms with Gasteiger partial charge in [-0.15, -0.1) is 0 Å². The molecule has 1 saturated heterocycles. The average Bonchev–Trinajstić information content (AvgIpc) is 2.44. The Morgan fingerprint density at radius 3 is 2.70 bits per heavy atom. The van der Waals surface area contributed by atoms with Crippen molar-refractivity contribution in [1.29, 1.82) is 0 Å². The van der Waals surface area contributed by atoms with Gasteiger partial charge in [-0.2, -0.15) is 0 Å². The van der Waals surface area contributed by atoms with Crippen molar-refractivity contribution in [3.8, 4) is 0 Å². The smallest absolute Gasteiger partial charge is 0.0701 e. The van der Waals surface area contributed by atoms with Gasteiger partial charge in [-0.1, -0.05) is 19.8 Å². The van der Waals surface area contributed by atoms with Crippen LogP contribution in [-0.2, 0) is 4.74 Å². The van der Waals surface area contributed by atoms with Crippen molar-refractivity contribution in [2.75, 3.05) is 26.7 Å². The Labute approximate surface area is 125 Å². The van der Waals surface area contributed by atoms with Crippen LogP contribution < -0.4 is 5.73 Å². The number of nitrogens with zero attached hydrogens (tertiary/aromatic N) is 1. The van der Waals surface area contributed by atoms with Crippen LogP contribution >= 0.6 is 0 Å². The fourth-order valence-corrected chi connectivity index (χ4v) is 4.04. The van der Waals surface area contributed by atoms with Gasteiger partial charge in [0.05, 0.1) is 6.10 Å². The minimum Gasteiger partial charge on any atom is -0.377 e. The lowest BCUT2D eigenvalue weighted by Gasteiger charge is -2.37. The second kappa shape index (κ2) is 8.35. The molecular formula is C17H34N2O. The number of likely N-dealkylation sites (N-methyl/N-ethyl adjacent to an activating group) is 1. The molecule has 20 heavy (non-hydrogen) atoms. The molecule has 0 radical (unpaired) electrons. The molecule has 4 unspecified atom stereocenters. The normalized spacial score (nSPS) is 35.4. The third-order valence-electron chi connectivity index (χ3n) is 5.18. The van der Waals surface area contributed by atoms with Gasteiger partial charge in [-0.05, 0) is 57.4 Å². The van der Waals surface area contributed by atoms with E-state index < -0.39 is 0 Å². The highest BCUT2D eigenvalue weighted by atomic mass is 16.5. The first-order chi connectivity index (χ1) is 9.69. The van der Waals surface area contributed by atoms with Crippen molar-refractivity contribution in [1.82, 2.24) is 4.90 Å². The zero-order chi connectivity index (χ0) is 14.4. The molecule has 3 heteroatoms. The van der Waals surface area contributed by atoms with Crippen LogP contribution in [0.1, 0.15) is 58.3 Å². The molecule has 0 amide bonds. The molecular weight excluding hydrogens is 248 g/mol. The summed E-state index contributed by atoms with van der Waals surface area (Å²) in [6.45, 7) is 5.50. The van der Waals surface area contributed by atoms with E-state index in [0.29, 0.717) is 18.1 Å². The third-order valence-corrected chi connectivity index (χ3v) is 5.18. The van der Waals surface area contributed by atoms with Crippen LogP contribution in [0.5, 0.6) is 0 Å². The van der Waals surface area contributed by atoms with Gasteiger partial charge in [-0.25, -0.2) is 0 Å². The molecule has 1 heterocycles. The fourth-order valence-electron chi connectivity index (χ4n) is 4.04. The molecule has 2 rings (SSSR count). The van der Waals surface area contributed by atoms with Gasteiger partial charge < -0.3 is 15.4 Å². The molecule has 2 aliphatic rings. The first-order valence-electron chi connectivity index (χ1n) is 8.74. The maximum atomic E-state index is 6.36. The molecule has 0 bridgehead atoms. The highest BCUT2D eigenvalue weighted by molar-refractivity contribution is 4.84. The van der Waals surface area contributed by atoms with Crippen LogP contribution in [0.15, 0.2) is 0 Å². The van der Waals surface area contributed by atoms with Crippen molar-refractivity contribution in [3.63, 3.8) is 0 Å². The van der Waals surface area contributed by atoms with E-state index in [4.69, 9.17) is 10.5 Å². The number of hydrogen-bond donors (Lipinski definition) is 1. The molecule has 1 aliphatic carbocycles. The van der Waals surface area contributed by atoms with E-state index in [1.165, 1.54) is 51.4 Å². The van der Waals surface area contributed by atoms with Crippen molar-refractivity contribution >= 4 is 0 Å². The summed E-state index contributed by atoms with van der Waals surface area (Å²) in [5.74, 6) is 1.61. The van der Waals surface area contributed by atoms with Crippen LogP contribution in [-0.4, -0.2) is 43.8 Å². The van der Waals surface area contributed by atoms with Crippen molar-refractivity contribution < 1.29 is 4.74 Å². The summed E-state index contributed by atoms with van der Waals surface area (Å²) >= 11 is 0. The quantitative estimate of drug-likeness (QED) is 0.814. The highest BCUT2D eigenvalue weighted by Crippen LogP contribution is 2.31. The number of ether oxygens (including phenoxy) is 1. The van der Waals surface area contributed by atoms with Gasteiger partial charge in [0.1, 0.15) is 0 Å². The van der Waals surface area contributed by atoms with Crippen LogP contribution in [0.2, 0.25) is 0 Å². The van der Waals surface area contributed by atoms with Crippen LogP contribution in [0.3, 0.4) is 0 Å². The van der Waals surface area contributed by atoms with E-state index in [-0.39, 0.29) is 0 Å². The fraction of sp³-hybridized carbons (Fsp3) is 1.00. The molecule has 118 valence electrons. The standard InChI is InChI=1S/C17H34N2O/c1-3-6-14-8-9-17(18)15(11-14)12-19(2)13-16-7-4-5-10-20-16/h14-17H,3-13,18H2,1-2H3. The number of nitrogens with two attached hydrogens (primary N) is 1. The minimum atomic E-state index is 0.415. The Hall–Kier alpha value is -0.120. The summed E-state index contributed by atoms with van der Waals surface area (Å²) in [5, 5.41) is 0. The van der Waals surface area contributed by atoms with Crippen molar-refractivity contribution in [2.45, 2.75) is 70.4 Å². The lowest BCUT2D eigenvalue weighted by atomic mass is 9.76. The number of rotatable bonds is 6. The van der Waals surface area contributed by atoms with Gasteiger partial charge in [0.15, 0.2) is 0 Å². The molecule has 0 aromatic carbocycles. The maximum absolute atomic E-state index is 6.36. The molecule has 0 aromatic heterocycles. The highest BCUT2D eigenvalue weighted by Gasteiger charge is 2.29. The van der Waals surface area contributed by atoms with E-state index in [9.17, 15) is 0 Å². The zero-order valence-electron chi connectivity index (χ0n) is 13.5. The first-order valence-corrected chi connectivity index (χ1v) is 8.74. The van der Waals surface area contributed by atoms with Gasteiger partial charge in [0.25, 0.3) is 0 Å². The molecule has 4 atom stereocenters. The summed E-state index contributed by atoms with van der Waals surface area (Å²) < 4.78 is 5.85. The molecule has 0 spiro atoms. The Bertz CT molecular complexity index is 266. The molecule has 1 aliphatic heterocycles. The largest absolute Gasteiger partial charge is 0.377 e. The van der Waals surface area contributed by atoms with E-state index in [0.717, 1.165) is 25.6 Å². The average molecular weight is 282 g/mol. The number of hydrogen-bond acceptors (Lipinski definition) is 3. The van der Waals surface area contributed by atoms with Crippen LogP contribution in [0.25, 0.3) is 0 Å². The summed E-state index contributed by atoms with van der Waals surface area (Å²) in [5.41, 5.74) is 6.36. The Balaban J connectivity index is 1.74. The Kier molecular flexibility index (Phi) is 6.79. The monoisotopic (exact) mass is 282 g/mol. The first kappa shape index (κ1) is 16.3. The Morgan fingerprint density at radius 1 is 1.15 bits per heavy atom. The predicted molar refractivity (Wildman–Crippen MR) is 84.8 cm³/mol. The van der Waals surface area contributed by atoms with Crippen molar-refractivity contribution in [3.05, 3.63) is 0 Å². The molecule has 3 nitrogen and oxygen atoms in total. The summed E-state index contributed by atoms with van der Waals surface area (Å²) in [7, 11) is 2.24. The Morgan fingerprint density at radius 2 is 2.00 bits per heavy atom. The van der Waals surface area contributed by atoms with Crippen LogP contribution in [0, 0.1) is 11.8 Å². The summed E-state index contributed by atoms with van der Waals surface area (Å²) in [4.78, 5) is 2.47. The van der Waals surface area contributed by atoms with Gasteiger partial charge >= 0.3 is 0 Å². The third kappa shape index (κ3) is 5.01. The minimum absolute atomic E-state index is 0.415. The lowest BCUT2D eigenvalue weighted by molar-refractivity contribution is -0.00544. The molecule has 2 N–H and O–H groups in total. The van der Waals surface area contributed by atoms with E-state index >= 15 is 0 Å². The van der Waals surface area contributed by atoms with Crippen molar-refractivity contribution in [2.24, 2.45) is 17.6 Å². The molecule has 1 saturated carbocycles. The summed E-state index contributed by atoms with van der Waals surface area (Å²) in [6, 6.07) is 0.415. The second-order valence-corrected chi connectivity index (χ2v) is 7.10. The van der Waals surface area contributed by atoms with Gasteiger partial charge in [0, 0.05) is 25.7 Å². The predicted octanol–water partition coefficient (Wildman–Crippen LogP) is 3.03. The second-order valence-electron chi connectivity index (χ2n) is 7.10. The van der Waals surface area contributed by atoms with E-state index in [1.807, 2.05) is 0 Å². The van der Waals surface area contributed by atoms with Gasteiger partial charge in [0.2, 0.25) is 0 Å². The topological polar surface area (TPSA) is 38.5 Å². The van der Waals surface area contributed by atoms with Crippen LogP contribution in [0.4, 0.5) is 0 Å². The molecule has 0 aromatic rings. The zero-order valence-corrected chi connectivity index (χ0v) is 13.5. The van der Waals surface area contributed by atoms with E-state index in [2.05, 4.69) is 18.9 Å². The van der Waals surface area contributed by atoms with E-state index in [1.54, 1.807) is 0 Å². The molecule has 2 fully saturated rings. The summed E-state index contributed by atoms with van der Waals surface area (Å²) in [6.07, 6.45) is 10.9. The van der Waals surface area contributed by atoms with Gasteiger partial charge in [-0.3, -0.25) is 0 Å². The lowest BCUT2D eigenvalue weighted by Crippen LogP contribution is -2.44. The maximum Gasteiger partial charge on any atom is 0.0701 e. The SMILES string of the molecule is CCCC1CCC(N)C(CN(C)CC2CCCCO2)C1.